The lowest BCUT2D eigenvalue weighted by Crippen LogP contribution is -2.38. The van der Waals surface area contributed by atoms with Crippen LogP contribution in [0.3, 0.4) is 0 Å². The average Bonchev–Trinajstić information content (AvgIpc) is 3.25. The van der Waals surface area contributed by atoms with Crippen molar-refractivity contribution < 1.29 is 4.79 Å². The summed E-state index contributed by atoms with van der Waals surface area (Å²) < 4.78 is 2.17. The zero-order chi connectivity index (χ0) is 17.9. The van der Waals surface area contributed by atoms with Gasteiger partial charge < -0.3 is 15.2 Å². The molecular weight excluding hydrogens is 326 g/mol. The number of hydrogen-bond acceptors (Lipinski definition) is 3. The number of likely N-dealkylation sites (tertiary alicyclic amines) is 1. The van der Waals surface area contributed by atoms with E-state index in [0.717, 1.165) is 55.0 Å². The Morgan fingerprint density at radius 2 is 1.92 bits per heavy atom. The van der Waals surface area contributed by atoms with E-state index in [2.05, 4.69) is 27.1 Å². The molecule has 0 radical (unpaired) electrons. The van der Waals surface area contributed by atoms with Gasteiger partial charge in [0.2, 0.25) is 0 Å². The number of aryl methyl sites for hydroxylation is 1. The third kappa shape index (κ3) is 3.85. The Hall–Kier alpha value is -2.08. The zero-order valence-corrected chi connectivity index (χ0v) is 15.6. The van der Waals surface area contributed by atoms with Crippen molar-refractivity contribution in [2.75, 3.05) is 18.4 Å². The lowest BCUT2D eigenvalue weighted by Gasteiger charge is -2.22. The van der Waals surface area contributed by atoms with Crippen molar-refractivity contribution >= 4 is 22.8 Å². The van der Waals surface area contributed by atoms with E-state index in [0.29, 0.717) is 6.04 Å². The number of carbonyl (C=O) groups is 1. The van der Waals surface area contributed by atoms with Crippen LogP contribution in [-0.2, 0) is 13.6 Å². The molecule has 1 aliphatic heterocycles. The second-order valence-electron chi connectivity index (χ2n) is 7.71. The van der Waals surface area contributed by atoms with E-state index < -0.39 is 0 Å². The predicted octanol–water partition coefficient (Wildman–Crippen LogP) is 3.62. The van der Waals surface area contributed by atoms with Gasteiger partial charge >= 0.3 is 6.03 Å². The molecule has 1 aromatic heterocycles. The number of benzene rings is 1. The first kappa shape index (κ1) is 17.3. The summed E-state index contributed by atoms with van der Waals surface area (Å²) in [5.74, 6) is 1.09. The fourth-order valence-electron chi connectivity index (χ4n) is 4.21. The minimum atomic E-state index is -0.107. The molecular formula is C20H29N5O. The first-order valence-corrected chi connectivity index (χ1v) is 9.94. The molecule has 2 N–H and O–H groups in total. The van der Waals surface area contributed by atoms with E-state index in [1.54, 1.807) is 0 Å². The highest BCUT2D eigenvalue weighted by molar-refractivity contribution is 5.92. The van der Waals surface area contributed by atoms with Crippen LogP contribution < -0.4 is 10.6 Å². The van der Waals surface area contributed by atoms with E-state index >= 15 is 0 Å². The van der Waals surface area contributed by atoms with Crippen molar-refractivity contribution in [2.45, 2.75) is 57.5 Å². The molecule has 0 atom stereocenters. The van der Waals surface area contributed by atoms with Crippen molar-refractivity contribution in [3.05, 3.63) is 24.0 Å². The first-order chi connectivity index (χ1) is 12.7. The maximum absolute atomic E-state index is 12.3. The third-order valence-electron chi connectivity index (χ3n) is 5.74. The molecule has 140 valence electrons. The molecule has 1 saturated carbocycles. The van der Waals surface area contributed by atoms with Gasteiger partial charge in [0.25, 0.3) is 0 Å². The van der Waals surface area contributed by atoms with Crippen molar-refractivity contribution in [3.8, 4) is 0 Å². The summed E-state index contributed by atoms with van der Waals surface area (Å²) in [6, 6.07) is 6.19. The van der Waals surface area contributed by atoms with Crippen LogP contribution in [0.2, 0.25) is 0 Å². The second kappa shape index (κ2) is 7.66. The van der Waals surface area contributed by atoms with Gasteiger partial charge in [-0.25, -0.2) is 9.78 Å². The summed E-state index contributed by atoms with van der Waals surface area (Å²) in [6.07, 6.45) is 8.46. The van der Waals surface area contributed by atoms with Gasteiger partial charge in [0.15, 0.2) is 0 Å². The molecule has 2 heterocycles. The van der Waals surface area contributed by atoms with Crippen LogP contribution >= 0.6 is 0 Å². The minimum absolute atomic E-state index is 0.107. The van der Waals surface area contributed by atoms with Gasteiger partial charge in [0, 0.05) is 18.8 Å². The number of hydrogen-bond donors (Lipinski definition) is 2. The van der Waals surface area contributed by atoms with Crippen LogP contribution in [0.5, 0.6) is 0 Å². The summed E-state index contributed by atoms with van der Waals surface area (Å²) in [6.45, 7) is 3.23. The van der Waals surface area contributed by atoms with Gasteiger partial charge in [-0.3, -0.25) is 4.90 Å². The highest BCUT2D eigenvalue weighted by Crippen LogP contribution is 2.22. The highest BCUT2D eigenvalue weighted by atomic mass is 16.2. The Bertz CT molecular complexity index is 772. The van der Waals surface area contributed by atoms with Crippen LogP contribution in [0.1, 0.15) is 50.8 Å². The number of nitrogens with zero attached hydrogens (tertiary/aromatic N) is 3. The van der Waals surface area contributed by atoms with Gasteiger partial charge in [-0.1, -0.05) is 19.3 Å². The van der Waals surface area contributed by atoms with Gasteiger partial charge in [0.05, 0.1) is 17.6 Å². The number of amides is 2. The molecule has 0 bridgehead atoms. The number of carbonyl (C=O) groups excluding carboxylic acids is 1. The van der Waals surface area contributed by atoms with E-state index in [1.165, 1.54) is 32.1 Å². The number of urea groups is 1. The fourth-order valence-corrected chi connectivity index (χ4v) is 4.21. The molecule has 26 heavy (non-hydrogen) atoms. The van der Waals surface area contributed by atoms with Crippen LogP contribution in [0.25, 0.3) is 11.0 Å². The summed E-state index contributed by atoms with van der Waals surface area (Å²) >= 11 is 0. The van der Waals surface area contributed by atoms with Gasteiger partial charge in [0.1, 0.15) is 5.82 Å². The standard InChI is InChI=1S/C20H29N5O/c1-24-18-10-9-16(22-20(26)21-15-7-3-2-4-8-15)13-17(18)23-19(24)14-25-11-5-6-12-25/h9-10,13,15H,2-8,11-12,14H2,1H3,(H2,21,22,26). The summed E-state index contributed by atoms with van der Waals surface area (Å²) in [5.41, 5.74) is 2.85. The van der Waals surface area contributed by atoms with E-state index in [4.69, 9.17) is 4.98 Å². The molecule has 0 unspecified atom stereocenters. The second-order valence-corrected chi connectivity index (χ2v) is 7.71. The number of nitrogens with one attached hydrogen (secondary N) is 2. The quantitative estimate of drug-likeness (QED) is 0.880. The molecule has 1 saturated heterocycles. The number of imidazole rings is 1. The summed E-state index contributed by atoms with van der Waals surface area (Å²) in [4.78, 5) is 19.5. The SMILES string of the molecule is Cn1c(CN2CCCC2)nc2cc(NC(=O)NC3CCCCC3)ccc21. The smallest absolute Gasteiger partial charge is 0.319 e. The van der Waals surface area contributed by atoms with Crippen molar-refractivity contribution in [2.24, 2.45) is 7.05 Å². The Balaban J connectivity index is 1.43. The van der Waals surface area contributed by atoms with Crippen LogP contribution in [0.4, 0.5) is 10.5 Å². The molecule has 2 aliphatic rings. The minimum Gasteiger partial charge on any atom is -0.335 e. The molecule has 6 heteroatoms. The predicted molar refractivity (Wildman–Crippen MR) is 104 cm³/mol. The molecule has 1 aliphatic carbocycles. The highest BCUT2D eigenvalue weighted by Gasteiger charge is 2.17. The van der Waals surface area contributed by atoms with Crippen LogP contribution in [-0.4, -0.2) is 39.6 Å². The monoisotopic (exact) mass is 355 g/mol. The Labute approximate surface area is 155 Å². The normalized spacial score (nSPS) is 19.1. The Morgan fingerprint density at radius 3 is 2.69 bits per heavy atom. The molecule has 2 aromatic rings. The van der Waals surface area contributed by atoms with Crippen LogP contribution in [0.15, 0.2) is 18.2 Å². The summed E-state index contributed by atoms with van der Waals surface area (Å²) in [5, 5.41) is 6.07. The van der Waals surface area contributed by atoms with Gasteiger partial charge in [-0.2, -0.15) is 0 Å². The number of fused-ring (bicyclic) bond motifs is 1. The van der Waals surface area contributed by atoms with Crippen molar-refractivity contribution in [3.63, 3.8) is 0 Å². The van der Waals surface area contributed by atoms with E-state index in [9.17, 15) is 4.79 Å². The molecule has 6 nitrogen and oxygen atoms in total. The molecule has 2 fully saturated rings. The maximum Gasteiger partial charge on any atom is 0.319 e. The lowest BCUT2D eigenvalue weighted by atomic mass is 9.96. The zero-order valence-electron chi connectivity index (χ0n) is 15.6. The van der Waals surface area contributed by atoms with Crippen LogP contribution in [0, 0.1) is 0 Å². The largest absolute Gasteiger partial charge is 0.335 e. The van der Waals surface area contributed by atoms with Gasteiger partial charge in [-0.05, 0) is 57.0 Å². The van der Waals surface area contributed by atoms with E-state index in [1.807, 2.05) is 18.2 Å². The molecule has 1 aromatic carbocycles. The topological polar surface area (TPSA) is 62.2 Å². The van der Waals surface area contributed by atoms with Gasteiger partial charge in [-0.15, -0.1) is 0 Å². The molecule has 2 amide bonds. The van der Waals surface area contributed by atoms with Crippen molar-refractivity contribution in [1.82, 2.24) is 19.8 Å². The molecule has 0 spiro atoms. The Kier molecular flexibility index (Phi) is 5.11. The first-order valence-electron chi connectivity index (χ1n) is 9.94. The number of aromatic nitrogens is 2. The van der Waals surface area contributed by atoms with E-state index in [-0.39, 0.29) is 6.03 Å². The fraction of sp³-hybridized carbons (Fsp3) is 0.600. The average molecular weight is 355 g/mol. The lowest BCUT2D eigenvalue weighted by molar-refractivity contribution is 0.244. The molecule has 4 rings (SSSR count). The van der Waals surface area contributed by atoms with Crippen molar-refractivity contribution in [1.29, 1.82) is 0 Å². The maximum atomic E-state index is 12.3. The summed E-state index contributed by atoms with van der Waals surface area (Å²) in [7, 11) is 2.07. The Morgan fingerprint density at radius 1 is 1.15 bits per heavy atom. The number of rotatable bonds is 4. The third-order valence-corrected chi connectivity index (χ3v) is 5.74. The number of anilines is 1.